The SMILES string of the molecule is CO[C@H]1C[C@@H]2CC[C@@H](C)[C@@](O)(O2)C(=O)C(=O)N2CCCC[C@H]2C(=O)O[C@H]([C@H](C)C[C@@H]2CC[C@@H](O)[C@H](OC)C2)C[C@@H](O)[C@H](C)/C=C(\C)[C@@H](O)[C@@H](OC)/C(=N/OCC(=O)NCCOCCOCCOCCOCCOCCOCCC(=O)N2CCc3cc(Cn4nc(-c5ccc6oc(N)nc6c5)c5c(N)ncnc54)ccc3C2)[C@H](C)C[C@H](C)/C=C/C=C/C=C/1C. The van der Waals surface area contributed by atoms with E-state index in [9.17, 15) is 44.4 Å². The monoisotopic (exact) mass is 1720 g/mol. The molecule has 33 nitrogen and oxygen atoms in total. The number of anilines is 2. The standard InChI is InChI=1S/C90H131N11O22/c1-56-16-12-11-13-17-57(2)74(111-8)50-68-24-19-62(7)90(110,123-68)84(107)87(108)100-30-15-14-18-70(100)88(109)121-75(59(4)46-63-21-25-71(102)76(48-63)112-9)51-72(103)58(3)45-61(6)82(106)83(113-10)80(60(5)44-56)98-120-54-77(104)93-29-33-115-35-37-117-39-41-119-43-42-118-40-38-116-36-34-114-32-28-78(105)99-31-27-65-47-64(20-22-67(65)53-99)52-101-86-79(85(91)94-55-95-86)81(97-101)66-23-26-73-69(49-66)96-89(92)122-73/h11-13,16-17,20,22-23,26,45,47,49,55-56,58-60,62-63,68,70-72,74-76,82-83,102-103,106,110H,14-15,18-19,21,24-25,27-44,46,48,50-54H2,1-10H3,(H2,92,96)(H,93,104)(H2,91,94,95)/b13-11+,16-12+,57-17+,61-45+,98-80+/t56-,58-,59-,60-,62-,63+,68+,70+,71-,72-,74+,75+,76-,82-,83+,90-/m1/s1. The van der Waals surface area contributed by atoms with E-state index in [0.29, 0.717) is 182 Å². The number of esters is 1. The first-order chi connectivity index (χ1) is 59.3. The van der Waals surface area contributed by atoms with Crippen LogP contribution in [0, 0.1) is 35.5 Å². The number of allylic oxidation sites excluding steroid dienone is 5. The fourth-order valence-electron chi connectivity index (χ4n) is 16.9. The van der Waals surface area contributed by atoms with E-state index in [1.54, 1.807) is 47.1 Å². The summed E-state index contributed by atoms with van der Waals surface area (Å²) in [6.07, 6.45) is 12.7. The molecule has 2 aromatic carbocycles. The zero-order chi connectivity index (χ0) is 88.1. The third kappa shape index (κ3) is 27.5. The Hall–Kier alpha value is -8.52. The highest BCUT2D eigenvalue weighted by molar-refractivity contribution is 6.39. The number of methoxy groups -OCH3 is 3. The molecular formula is C90H131N11O22. The van der Waals surface area contributed by atoms with E-state index in [1.165, 1.54) is 23.9 Å². The minimum atomic E-state index is -2.46. The van der Waals surface area contributed by atoms with Crippen molar-refractivity contribution in [3.05, 3.63) is 107 Å². The number of aromatic nitrogens is 5. The number of ketones is 1. The number of cyclic esters (lactones) is 1. The van der Waals surface area contributed by atoms with Crippen LogP contribution in [0.5, 0.6) is 0 Å². The second-order valence-corrected chi connectivity index (χ2v) is 33.3. The van der Waals surface area contributed by atoms with Crippen LogP contribution in [-0.2, 0) is 100 Å². The fourth-order valence-corrected chi connectivity index (χ4v) is 16.9. The lowest BCUT2D eigenvalue weighted by atomic mass is 9.78. The molecule has 123 heavy (non-hydrogen) atoms. The summed E-state index contributed by atoms with van der Waals surface area (Å²) in [6.45, 7) is 18.4. The predicted molar refractivity (Wildman–Crippen MR) is 459 cm³/mol. The first kappa shape index (κ1) is 96.7. The number of hydrogen-bond donors (Lipinski definition) is 7. The summed E-state index contributed by atoms with van der Waals surface area (Å²) < 4.78 is 71.6. The molecule has 0 spiro atoms. The molecule has 678 valence electrons. The van der Waals surface area contributed by atoms with E-state index in [1.807, 2.05) is 79.8 Å². The Labute approximate surface area is 720 Å². The van der Waals surface area contributed by atoms with Crippen LogP contribution in [0.4, 0.5) is 11.8 Å². The summed E-state index contributed by atoms with van der Waals surface area (Å²) in [4.78, 5) is 91.9. The van der Waals surface area contributed by atoms with Gasteiger partial charge in [-0.2, -0.15) is 10.1 Å². The van der Waals surface area contributed by atoms with Crippen LogP contribution in [0.1, 0.15) is 149 Å². The minimum absolute atomic E-state index is 0.0314. The highest BCUT2D eigenvalue weighted by atomic mass is 16.6. The van der Waals surface area contributed by atoms with Crippen molar-refractivity contribution in [2.75, 3.05) is 138 Å². The third-order valence-electron chi connectivity index (χ3n) is 24.2. The van der Waals surface area contributed by atoms with Crippen molar-refractivity contribution in [2.45, 2.75) is 212 Å². The van der Waals surface area contributed by atoms with E-state index in [2.05, 4.69) is 43.6 Å². The fraction of sp³-hybridized carbons (Fsp3) is 0.644. The molecular weight excluding hydrogens is 1590 g/mol. The number of oxazole rings is 1. The summed E-state index contributed by atoms with van der Waals surface area (Å²) >= 11 is 0. The molecule has 16 atom stereocenters. The maximum atomic E-state index is 14.7. The second kappa shape index (κ2) is 48.3. The maximum Gasteiger partial charge on any atom is 0.329 e. The van der Waals surface area contributed by atoms with E-state index < -0.39 is 96.6 Å². The molecule has 3 fully saturated rings. The number of nitrogens with two attached hydrogens (primary N) is 2. The number of ether oxygens (including phenoxy) is 11. The van der Waals surface area contributed by atoms with Crippen molar-refractivity contribution < 1.29 is 106 Å². The summed E-state index contributed by atoms with van der Waals surface area (Å²) in [7, 11) is 4.60. The number of aliphatic hydroxyl groups excluding tert-OH is 3. The number of benzene rings is 2. The van der Waals surface area contributed by atoms with Gasteiger partial charge in [0.15, 0.2) is 17.8 Å². The molecule has 5 aromatic rings. The van der Waals surface area contributed by atoms with Crippen molar-refractivity contribution >= 4 is 69.2 Å². The van der Waals surface area contributed by atoms with E-state index >= 15 is 0 Å². The summed E-state index contributed by atoms with van der Waals surface area (Å²) in [6, 6.07) is 10.7. The molecule has 10 rings (SSSR count). The zero-order valence-electron chi connectivity index (χ0n) is 73.2. The predicted octanol–water partition coefficient (Wildman–Crippen LogP) is 8.13. The van der Waals surface area contributed by atoms with Crippen molar-refractivity contribution in [3.63, 3.8) is 0 Å². The van der Waals surface area contributed by atoms with Crippen LogP contribution in [0.2, 0.25) is 0 Å². The third-order valence-corrected chi connectivity index (χ3v) is 24.2. The van der Waals surface area contributed by atoms with Gasteiger partial charge in [0.1, 0.15) is 47.7 Å². The van der Waals surface area contributed by atoms with Gasteiger partial charge in [0.25, 0.3) is 23.6 Å². The molecule has 9 N–H and O–H groups in total. The molecule has 2 saturated heterocycles. The summed E-state index contributed by atoms with van der Waals surface area (Å²) in [5, 5.41) is 60.1. The molecule has 3 aromatic heterocycles. The topological polar surface area (TPSA) is 430 Å². The normalized spacial score (nSPS) is 28.4. The van der Waals surface area contributed by atoms with Gasteiger partial charge in [-0.1, -0.05) is 94.4 Å². The van der Waals surface area contributed by atoms with Crippen molar-refractivity contribution in [2.24, 2.45) is 40.7 Å². The van der Waals surface area contributed by atoms with Crippen molar-refractivity contribution in [1.82, 2.24) is 39.8 Å². The maximum absolute atomic E-state index is 14.7. The lowest BCUT2D eigenvalue weighted by Gasteiger charge is -2.43. The lowest BCUT2D eigenvalue weighted by molar-refractivity contribution is -0.265. The van der Waals surface area contributed by atoms with Gasteiger partial charge < -0.3 is 108 Å². The Balaban J connectivity index is 0.620. The van der Waals surface area contributed by atoms with Crippen molar-refractivity contribution in [1.29, 1.82) is 0 Å². The molecule has 33 heteroatoms. The van der Waals surface area contributed by atoms with Crippen LogP contribution < -0.4 is 16.8 Å². The van der Waals surface area contributed by atoms with Crippen LogP contribution in [0.3, 0.4) is 0 Å². The number of amides is 3. The number of nitrogen functional groups attached to an aromatic ring is 2. The number of piperidine rings is 1. The molecule has 1 saturated carbocycles. The highest BCUT2D eigenvalue weighted by Gasteiger charge is 2.53. The van der Waals surface area contributed by atoms with Gasteiger partial charge in [-0.05, 0) is 148 Å². The number of nitrogens with zero attached hydrogens (tertiary/aromatic N) is 8. The quantitative estimate of drug-likeness (QED) is 0.00685. The largest absolute Gasteiger partial charge is 0.460 e. The Morgan fingerprint density at radius 3 is 2.17 bits per heavy atom. The number of Topliss-reactive ketones (excluding diaryl/α,β-unsaturated/α-hetero) is 1. The van der Waals surface area contributed by atoms with Gasteiger partial charge in [0, 0.05) is 83.7 Å². The highest BCUT2D eigenvalue weighted by Crippen LogP contribution is 2.40. The van der Waals surface area contributed by atoms with E-state index in [0.717, 1.165) is 28.7 Å². The second-order valence-electron chi connectivity index (χ2n) is 33.3. The minimum Gasteiger partial charge on any atom is -0.460 e. The van der Waals surface area contributed by atoms with E-state index in [-0.39, 0.29) is 100 Å². The number of fused-ring (bicyclic) bond motifs is 6. The van der Waals surface area contributed by atoms with Gasteiger partial charge in [-0.3, -0.25) is 19.2 Å². The smallest absolute Gasteiger partial charge is 0.329 e. The number of nitrogens with one attached hydrogen (secondary N) is 1. The molecule has 7 heterocycles. The van der Waals surface area contributed by atoms with Crippen molar-refractivity contribution in [3.8, 4) is 11.3 Å². The zero-order valence-corrected chi connectivity index (χ0v) is 73.2. The summed E-state index contributed by atoms with van der Waals surface area (Å²) in [5.41, 5.74) is 20.3. The number of carbonyl (C=O) groups excluding carboxylic acids is 5. The van der Waals surface area contributed by atoms with Crippen LogP contribution >= 0.6 is 0 Å². The van der Waals surface area contributed by atoms with Gasteiger partial charge >= 0.3 is 5.97 Å². The Morgan fingerprint density at radius 1 is 0.748 bits per heavy atom. The summed E-state index contributed by atoms with van der Waals surface area (Å²) in [5.74, 6) is -7.48. The molecule has 3 amide bonds. The van der Waals surface area contributed by atoms with Gasteiger partial charge in [0.05, 0.1) is 134 Å². The Bertz CT molecular complexity index is 4400. The molecule has 4 aliphatic heterocycles. The first-order valence-electron chi connectivity index (χ1n) is 43.5. The van der Waals surface area contributed by atoms with Crippen LogP contribution in [0.15, 0.2) is 99.9 Å². The lowest BCUT2D eigenvalue weighted by Crippen LogP contribution is -2.61. The van der Waals surface area contributed by atoms with Gasteiger partial charge in [-0.25, -0.2) is 19.4 Å². The number of aliphatic hydroxyl groups is 4. The first-order valence-corrected chi connectivity index (χ1v) is 43.5. The number of carbonyl (C=O) groups is 5. The molecule has 0 unspecified atom stereocenters. The van der Waals surface area contributed by atoms with Gasteiger partial charge in [-0.15, -0.1) is 0 Å². The Kier molecular flexibility index (Phi) is 37.9. The average Bonchev–Trinajstić information content (AvgIpc) is 1.53. The number of hydrogen-bond acceptors (Lipinski definition) is 29. The van der Waals surface area contributed by atoms with Crippen LogP contribution in [-0.4, -0.2) is 278 Å². The molecule has 5 aliphatic rings. The Morgan fingerprint density at radius 2 is 1.46 bits per heavy atom. The molecule has 2 bridgehead atoms. The van der Waals surface area contributed by atoms with E-state index in [4.69, 9.17) is 77.9 Å². The number of oxime groups is 1. The van der Waals surface area contributed by atoms with Gasteiger partial charge in [0.2, 0.25) is 11.7 Å². The van der Waals surface area contributed by atoms with Crippen LogP contribution in [0.25, 0.3) is 33.4 Å². The molecule has 1 aliphatic carbocycles. The molecule has 0 radical (unpaired) electrons. The average molecular weight is 1720 g/mol. The number of rotatable bonds is 33.